The highest BCUT2D eigenvalue weighted by molar-refractivity contribution is 8.04. The Hall–Kier alpha value is -2.91. The Bertz CT molecular complexity index is 1130. The summed E-state index contributed by atoms with van der Waals surface area (Å²) in [6.07, 6.45) is 4.66. The first-order valence-corrected chi connectivity index (χ1v) is 10.6. The molecule has 5 rings (SSSR count). The number of benzene rings is 1. The first-order valence-electron chi connectivity index (χ1n) is 9.66. The van der Waals surface area contributed by atoms with Crippen LogP contribution in [0.25, 0.3) is 0 Å². The number of nitrogens with zero attached hydrogens (tertiary/aromatic N) is 2. The zero-order valence-corrected chi connectivity index (χ0v) is 18.0. The number of amides is 2. The fourth-order valence-corrected chi connectivity index (χ4v) is 5.65. The smallest absolute Gasteiger partial charge is 0.254 e. The number of carbonyl (C=O) groups is 4. The van der Waals surface area contributed by atoms with Gasteiger partial charge in [-0.2, -0.15) is 0 Å². The fraction of sp³-hybridized carbons (Fsp3) is 0.286. The normalized spacial score (nSPS) is 22.4. The molecule has 31 heavy (non-hydrogen) atoms. The molecule has 1 atom stereocenters. The van der Waals surface area contributed by atoms with E-state index in [0.717, 1.165) is 5.82 Å². The number of aromatic nitrogens is 2. The summed E-state index contributed by atoms with van der Waals surface area (Å²) in [7, 11) is 0. The Morgan fingerprint density at radius 2 is 1.84 bits per heavy atom. The molecule has 1 aromatic heterocycles. The summed E-state index contributed by atoms with van der Waals surface area (Å²) in [4.78, 5) is 61.2. The van der Waals surface area contributed by atoms with Gasteiger partial charge in [0.25, 0.3) is 5.91 Å². The van der Waals surface area contributed by atoms with E-state index in [1.807, 2.05) is 0 Å². The molecule has 8 nitrogen and oxygen atoms in total. The van der Waals surface area contributed by atoms with Crippen LogP contribution in [0.3, 0.4) is 0 Å². The van der Waals surface area contributed by atoms with Gasteiger partial charge in [0.1, 0.15) is 5.82 Å². The number of allylic oxidation sites excluding steroid dienone is 1. The number of H-pyrrole nitrogens is 1. The molecular weight excluding hydrogens is 440 g/mol. The highest BCUT2D eigenvalue weighted by Gasteiger charge is 2.58. The van der Waals surface area contributed by atoms with Crippen molar-refractivity contribution in [2.45, 2.75) is 18.4 Å². The topological polar surface area (TPSA) is 112 Å². The van der Waals surface area contributed by atoms with Crippen LogP contribution in [-0.2, 0) is 16.0 Å². The molecule has 160 valence electrons. The number of Topliss-reactive ketones (excluding diaryl/α,β-unsaturated/α-hetero) is 2. The predicted molar refractivity (Wildman–Crippen MR) is 116 cm³/mol. The van der Waals surface area contributed by atoms with Crippen LogP contribution in [0, 0.1) is 0 Å². The van der Waals surface area contributed by atoms with Crippen molar-refractivity contribution in [1.82, 2.24) is 20.2 Å². The van der Waals surface area contributed by atoms with Crippen molar-refractivity contribution in [2.75, 3.05) is 18.8 Å². The van der Waals surface area contributed by atoms with Gasteiger partial charge in [-0.3, -0.25) is 19.2 Å². The number of hydrogen-bond acceptors (Lipinski definition) is 6. The Labute approximate surface area is 188 Å². The summed E-state index contributed by atoms with van der Waals surface area (Å²) in [5, 5.41) is 2.76. The fourth-order valence-electron chi connectivity index (χ4n) is 4.30. The average molecular weight is 459 g/mol. The summed E-state index contributed by atoms with van der Waals surface area (Å²) in [5.74, 6) is -0.344. The molecule has 2 amide bonds. The average Bonchev–Trinajstić information content (AvgIpc) is 3.39. The molecule has 2 aromatic rings. The molecule has 1 unspecified atom stereocenters. The standard InChI is InChI=1S/C21H18N4O4S.ClH/c26-15-10-25(9-3-6-14-22-7-8-23-14)20(29)21(24-15)11-30-19-16(21)17(27)12-4-1-2-5-13(12)18(19)28;/h1-2,4-5,7-8H,3,6,9-11H2,(H,22,23)(H,24,26);1H. The van der Waals surface area contributed by atoms with E-state index in [2.05, 4.69) is 15.3 Å². The second kappa shape index (κ2) is 7.97. The highest BCUT2D eigenvalue weighted by atomic mass is 35.5. The summed E-state index contributed by atoms with van der Waals surface area (Å²) in [6, 6.07) is 6.60. The van der Waals surface area contributed by atoms with Gasteiger partial charge < -0.3 is 15.2 Å². The van der Waals surface area contributed by atoms with Crippen LogP contribution < -0.4 is 5.32 Å². The maximum atomic E-state index is 13.5. The van der Waals surface area contributed by atoms with Crippen molar-refractivity contribution < 1.29 is 19.2 Å². The Morgan fingerprint density at radius 1 is 1.10 bits per heavy atom. The van der Waals surface area contributed by atoms with Gasteiger partial charge in [0.15, 0.2) is 11.3 Å². The maximum absolute atomic E-state index is 13.5. The van der Waals surface area contributed by atoms with Crippen molar-refractivity contribution >= 4 is 47.5 Å². The van der Waals surface area contributed by atoms with E-state index in [-0.39, 0.29) is 64.1 Å². The van der Waals surface area contributed by atoms with Gasteiger partial charge >= 0.3 is 0 Å². The highest BCUT2D eigenvalue weighted by Crippen LogP contribution is 2.46. The number of hydrogen-bond donors (Lipinski definition) is 2. The number of carbonyl (C=O) groups excluding carboxylic acids is 4. The molecule has 3 aliphatic rings. The molecule has 0 bridgehead atoms. The lowest BCUT2D eigenvalue weighted by molar-refractivity contribution is -0.147. The molecule has 1 saturated heterocycles. The van der Waals surface area contributed by atoms with Crippen LogP contribution in [0.4, 0.5) is 0 Å². The zero-order chi connectivity index (χ0) is 20.9. The van der Waals surface area contributed by atoms with Gasteiger partial charge in [-0.05, 0) is 6.42 Å². The van der Waals surface area contributed by atoms with Crippen molar-refractivity contribution in [3.05, 3.63) is 64.1 Å². The van der Waals surface area contributed by atoms with Crippen molar-refractivity contribution in [1.29, 1.82) is 0 Å². The Balaban J connectivity index is 0.00000231. The van der Waals surface area contributed by atoms with E-state index in [9.17, 15) is 19.2 Å². The number of halogens is 1. The molecule has 2 N–H and O–H groups in total. The third-order valence-electron chi connectivity index (χ3n) is 5.67. The number of imidazole rings is 1. The van der Waals surface area contributed by atoms with E-state index < -0.39 is 5.54 Å². The molecule has 2 aliphatic heterocycles. The van der Waals surface area contributed by atoms with E-state index in [1.54, 1.807) is 36.7 Å². The van der Waals surface area contributed by atoms with E-state index in [4.69, 9.17) is 0 Å². The number of nitrogens with one attached hydrogen (secondary N) is 2. The Morgan fingerprint density at radius 3 is 2.55 bits per heavy atom. The molecule has 1 fully saturated rings. The van der Waals surface area contributed by atoms with Crippen molar-refractivity contribution in [3.63, 3.8) is 0 Å². The number of thioether (sulfide) groups is 1. The maximum Gasteiger partial charge on any atom is 0.254 e. The monoisotopic (exact) mass is 458 g/mol. The Kier molecular flexibility index (Phi) is 5.49. The van der Waals surface area contributed by atoms with E-state index in [1.165, 1.54) is 16.7 Å². The predicted octanol–water partition coefficient (Wildman–Crippen LogP) is 1.54. The lowest BCUT2D eigenvalue weighted by Crippen LogP contribution is -2.69. The number of fused-ring (bicyclic) bond motifs is 2. The van der Waals surface area contributed by atoms with Crippen LogP contribution in [-0.4, -0.2) is 62.6 Å². The van der Waals surface area contributed by atoms with Crippen molar-refractivity contribution in [2.24, 2.45) is 0 Å². The summed E-state index contributed by atoms with van der Waals surface area (Å²) in [6.45, 7) is 0.297. The quantitative estimate of drug-likeness (QED) is 0.718. The van der Waals surface area contributed by atoms with Crippen LogP contribution in [0.5, 0.6) is 0 Å². The first-order chi connectivity index (χ1) is 14.5. The van der Waals surface area contributed by atoms with Crippen LogP contribution in [0.2, 0.25) is 0 Å². The molecule has 0 saturated carbocycles. The van der Waals surface area contributed by atoms with Gasteiger partial charge in [0.2, 0.25) is 11.7 Å². The number of aryl methyl sites for hydroxylation is 1. The lowest BCUT2D eigenvalue weighted by atomic mass is 9.78. The summed E-state index contributed by atoms with van der Waals surface area (Å²) in [5.41, 5.74) is -0.749. The lowest BCUT2D eigenvalue weighted by Gasteiger charge is -2.41. The van der Waals surface area contributed by atoms with Gasteiger partial charge in [-0.15, -0.1) is 24.2 Å². The van der Waals surface area contributed by atoms with Gasteiger partial charge in [0, 0.05) is 42.2 Å². The van der Waals surface area contributed by atoms with E-state index >= 15 is 0 Å². The summed E-state index contributed by atoms with van der Waals surface area (Å²) >= 11 is 1.17. The third-order valence-corrected chi connectivity index (χ3v) is 6.93. The van der Waals surface area contributed by atoms with Crippen LogP contribution >= 0.6 is 24.2 Å². The SMILES string of the molecule is Cl.O=C1CN(CCCc2ncc[nH]2)C(=O)C2(CSC3=C2C(=O)c2ccccc2C3=O)N1. The van der Waals surface area contributed by atoms with Crippen LogP contribution in [0.15, 0.2) is 47.1 Å². The molecule has 0 radical (unpaired) electrons. The number of ketones is 2. The second-order valence-corrected chi connectivity index (χ2v) is 8.50. The minimum Gasteiger partial charge on any atom is -0.349 e. The number of piperazine rings is 1. The molecule has 10 heteroatoms. The van der Waals surface area contributed by atoms with Gasteiger partial charge in [-0.25, -0.2) is 4.98 Å². The summed E-state index contributed by atoms with van der Waals surface area (Å²) < 4.78 is 0. The molecule has 1 aliphatic carbocycles. The zero-order valence-electron chi connectivity index (χ0n) is 16.3. The van der Waals surface area contributed by atoms with Gasteiger partial charge in [0.05, 0.1) is 17.0 Å². The van der Waals surface area contributed by atoms with Crippen LogP contribution in [0.1, 0.15) is 33.0 Å². The first kappa shape index (κ1) is 21.3. The molecule has 1 spiro atoms. The third kappa shape index (κ3) is 3.28. The molecular formula is C21H19ClN4O4S. The van der Waals surface area contributed by atoms with E-state index in [0.29, 0.717) is 24.9 Å². The minimum absolute atomic E-state index is 0. The molecule has 1 aromatic carbocycles. The van der Waals surface area contributed by atoms with Crippen molar-refractivity contribution in [3.8, 4) is 0 Å². The largest absolute Gasteiger partial charge is 0.349 e. The molecule has 3 heterocycles. The number of aromatic amines is 1. The van der Waals surface area contributed by atoms with Gasteiger partial charge in [-0.1, -0.05) is 24.3 Å². The minimum atomic E-state index is -1.49. The number of rotatable bonds is 4. The second-order valence-electron chi connectivity index (χ2n) is 7.52.